The number of halogens is 3. The number of carboxylic acids is 1. The van der Waals surface area contributed by atoms with Crippen molar-refractivity contribution in [1.29, 1.82) is 0 Å². The van der Waals surface area contributed by atoms with Gasteiger partial charge < -0.3 is 20.5 Å². The van der Waals surface area contributed by atoms with Crippen LogP contribution in [-0.2, 0) is 27.3 Å². The molecule has 0 aromatic heterocycles. The number of carboxylic acid groups (broad SMARTS) is 1. The predicted octanol–water partition coefficient (Wildman–Crippen LogP) is 2.39. The normalized spacial score (nSPS) is 12.8. The van der Waals surface area contributed by atoms with Crippen molar-refractivity contribution in [3.05, 3.63) is 35.4 Å². The molecular weight excluding hydrogens is 369 g/mol. The van der Waals surface area contributed by atoms with Crippen molar-refractivity contribution in [3.63, 3.8) is 0 Å². The molecule has 1 aromatic carbocycles. The van der Waals surface area contributed by atoms with E-state index in [2.05, 4.69) is 5.32 Å². The summed E-state index contributed by atoms with van der Waals surface area (Å²) in [6.07, 6.45) is -6.00. The number of alkyl carbamates (subject to hydrolysis) is 1. The maximum Gasteiger partial charge on any atom is 0.471 e. The van der Waals surface area contributed by atoms with E-state index < -0.39 is 35.8 Å². The summed E-state index contributed by atoms with van der Waals surface area (Å²) in [6.45, 7) is 4.51. The second-order valence-electron chi connectivity index (χ2n) is 6.74. The third-order valence-corrected chi connectivity index (χ3v) is 3.13. The molecule has 0 heterocycles. The molecular formula is C17H21F3N2O5. The largest absolute Gasteiger partial charge is 0.480 e. The lowest BCUT2D eigenvalue weighted by Crippen LogP contribution is -2.44. The highest BCUT2D eigenvalue weighted by molar-refractivity contribution is 5.81. The lowest BCUT2D eigenvalue weighted by atomic mass is 10.0. The van der Waals surface area contributed by atoms with E-state index in [0.717, 1.165) is 0 Å². The zero-order chi connectivity index (χ0) is 20.8. The van der Waals surface area contributed by atoms with E-state index in [-0.39, 0.29) is 13.0 Å². The zero-order valence-electron chi connectivity index (χ0n) is 15.0. The van der Waals surface area contributed by atoms with Crippen molar-refractivity contribution in [2.75, 3.05) is 0 Å². The van der Waals surface area contributed by atoms with Gasteiger partial charge in [-0.05, 0) is 31.9 Å². The average molecular weight is 390 g/mol. The van der Waals surface area contributed by atoms with Crippen LogP contribution in [0.25, 0.3) is 0 Å². The maximum atomic E-state index is 12.2. The smallest absolute Gasteiger partial charge is 0.471 e. The number of carbonyl (C=O) groups is 3. The van der Waals surface area contributed by atoms with Gasteiger partial charge in [0, 0.05) is 13.0 Å². The molecule has 1 rings (SSSR count). The molecule has 2 amide bonds. The molecule has 150 valence electrons. The van der Waals surface area contributed by atoms with Gasteiger partial charge in [-0.1, -0.05) is 24.3 Å². The van der Waals surface area contributed by atoms with Gasteiger partial charge in [-0.2, -0.15) is 13.2 Å². The van der Waals surface area contributed by atoms with Crippen LogP contribution in [-0.4, -0.2) is 40.9 Å². The fourth-order valence-electron chi connectivity index (χ4n) is 2.03. The molecule has 0 bridgehead atoms. The van der Waals surface area contributed by atoms with Crippen LogP contribution in [0.4, 0.5) is 18.0 Å². The summed E-state index contributed by atoms with van der Waals surface area (Å²) in [5, 5.41) is 13.2. The first-order valence-electron chi connectivity index (χ1n) is 7.93. The summed E-state index contributed by atoms with van der Waals surface area (Å²) in [6, 6.07) is 4.71. The Balaban J connectivity index is 2.76. The van der Waals surface area contributed by atoms with E-state index in [0.29, 0.717) is 11.1 Å². The zero-order valence-corrected chi connectivity index (χ0v) is 15.0. The Bertz CT molecular complexity index is 699. The summed E-state index contributed by atoms with van der Waals surface area (Å²) in [4.78, 5) is 34.0. The standard InChI is InChI=1S/C17H21F3N2O5/c1-16(2,3)27-15(26)22-12(13(23)24)8-10-5-4-6-11(7-10)9-21-14(25)17(18,19)20/h4-7,12H,8-9H2,1-3H3,(H,21,25)(H,22,26)(H,23,24)/t12-/m0/s1. The maximum absolute atomic E-state index is 12.2. The van der Waals surface area contributed by atoms with E-state index in [4.69, 9.17) is 4.74 Å². The summed E-state index contributed by atoms with van der Waals surface area (Å²) in [5.41, 5.74) is 0.00716. The molecule has 0 radical (unpaired) electrons. The minimum atomic E-state index is -4.98. The summed E-state index contributed by atoms with van der Waals surface area (Å²) in [7, 11) is 0. The first-order chi connectivity index (χ1) is 12.3. The monoisotopic (exact) mass is 390 g/mol. The van der Waals surface area contributed by atoms with E-state index >= 15 is 0 Å². The van der Waals surface area contributed by atoms with Crippen molar-refractivity contribution in [2.24, 2.45) is 0 Å². The third kappa shape index (κ3) is 8.43. The van der Waals surface area contributed by atoms with Crippen LogP contribution in [0, 0.1) is 0 Å². The van der Waals surface area contributed by atoms with Crippen LogP contribution in [0.15, 0.2) is 24.3 Å². The second kappa shape index (κ2) is 8.74. The van der Waals surface area contributed by atoms with Crippen LogP contribution in [0.3, 0.4) is 0 Å². The van der Waals surface area contributed by atoms with Crippen LogP contribution in [0.1, 0.15) is 31.9 Å². The highest BCUT2D eigenvalue weighted by Crippen LogP contribution is 2.15. The Kier molecular flexibility index (Phi) is 7.21. The van der Waals surface area contributed by atoms with E-state index in [1.54, 1.807) is 32.2 Å². The Morgan fingerprint density at radius 3 is 2.26 bits per heavy atom. The number of hydrogen-bond donors (Lipinski definition) is 3. The van der Waals surface area contributed by atoms with Crippen molar-refractivity contribution in [2.45, 2.75) is 51.6 Å². The third-order valence-electron chi connectivity index (χ3n) is 3.13. The molecule has 0 aliphatic heterocycles. The molecule has 0 fully saturated rings. The first kappa shape index (κ1) is 22.3. The van der Waals surface area contributed by atoms with Gasteiger partial charge in [-0.3, -0.25) is 4.79 Å². The Labute approximate surface area is 153 Å². The molecule has 0 unspecified atom stereocenters. The summed E-state index contributed by atoms with van der Waals surface area (Å²) in [5.74, 6) is -3.36. The van der Waals surface area contributed by atoms with Crippen LogP contribution >= 0.6 is 0 Å². The molecule has 0 aliphatic rings. The number of ether oxygens (including phenoxy) is 1. The van der Waals surface area contributed by atoms with Gasteiger partial charge in [0.15, 0.2) is 0 Å². The fraction of sp³-hybridized carbons (Fsp3) is 0.471. The molecule has 0 saturated carbocycles. The highest BCUT2D eigenvalue weighted by Gasteiger charge is 2.38. The van der Waals surface area contributed by atoms with Gasteiger partial charge in [-0.25, -0.2) is 9.59 Å². The quantitative estimate of drug-likeness (QED) is 0.692. The van der Waals surface area contributed by atoms with Gasteiger partial charge in [-0.15, -0.1) is 0 Å². The number of benzene rings is 1. The van der Waals surface area contributed by atoms with Gasteiger partial charge in [0.1, 0.15) is 11.6 Å². The van der Waals surface area contributed by atoms with Gasteiger partial charge >= 0.3 is 24.1 Å². The number of rotatable bonds is 6. The van der Waals surface area contributed by atoms with Crippen molar-refractivity contribution in [1.82, 2.24) is 10.6 Å². The van der Waals surface area contributed by atoms with Gasteiger partial charge in [0.05, 0.1) is 0 Å². The molecule has 0 spiro atoms. The van der Waals surface area contributed by atoms with E-state index in [9.17, 15) is 32.7 Å². The van der Waals surface area contributed by atoms with Crippen LogP contribution in [0.2, 0.25) is 0 Å². The Hall–Kier alpha value is -2.78. The number of hydrogen-bond acceptors (Lipinski definition) is 4. The highest BCUT2D eigenvalue weighted by atomic mass is 19.4. The number of carbonyl (C=O) groups excluding carboxylic acids is 2. The molecule has 1 aromatic rings. The lowest BCUT2D eigenvalue weighted by molar-refractivity contribution is -0.173. The van der Waals surface area contributed by atoms with Crippen LogP contribution < -0.4 is 10.6 Å². The Morgan fingerprint density at radius 2 is 1.74 bits per heavy atom. The second-order valence-corrected chi connectivity index (χ2v) is 6.74. The van der Waals surface area contributed by atoms with Crippen molar-refractivity contribution in [3.8, 4) is 0 Å². The molecule has 7 nitrogen and oxygen atoms in total. The van der Waals surface area contributed by atoms with Crippen LogP contribution in [0.5, 0.6) is 0 Å². The fourth-order valence-corrected chi connectivity index (χ4v) is 2.03. The molecule has 0 aliphatic carbocycles. The van der Waals surface area contributed by atoms with Crippen molar-refractivity contribution < 1.29 is 37.4 Å². The molecule has 10 heteroatoms. The molecule has 27 heavy (non-hydrogen) atoms. The summed E-state index contributed by atoms with van der Waals surface area (Å²) < 4.78 is 41.6. The van der Waals surface area contributed by atoms with E-state index in [1.165, 1.54) is 18.2 Å². The molecule has 3 N–H and O–H groups in total. The van der Waals surface area contributed by atoms with Gasteiger partial charge in [0.2, 0.25) is 0 Å². The SMILES string of the molecule is CC(C)(C)OC(=O)N[C@@H](Cc1cccc(CNC(=O)C(F)(F)F)c1)C(=O)O. The Morgan fingerprint density at radius 1 is 1.15 bits per heavy atom. The first-order valence-corrected chi connectivity index (χ1v) is 7.93. The number of aliphatic carboxylic acids is 1. The number of amides is 2. The lowest BCUT2D eigenvalue weighted by Gasteiger charge is -2.22. The van der Waals surface area contributed by atoms with Crippen molar-refractivity contribution >= 4 is 18.0 Å². The minimum absolute atomic E-state index is 0.115. The summed E-state index contributed by atoms with van der Waals surface area (Å²) >= 11 is 0. The topological polar surface area (TPSA) is 105 Å². The molecule has 1 atom stereocenters. The number of alkyl halides is 3. The number of nitrogens with one attached hydrogen (secondary N) is 2. The van der Waals surface area contributed by atoms with E-state index in [1.807, 2.05) is 0 Å². The molecule has 0 saturated heterocycles. The average Bonchev–Trinajstić information content (AvgIpc) is 2.49. The van der Waals surface area contributed by atoms with Gasteiger partial charge in [0.25, 0.3) is 0 Å². The minimum Gasteiger partial charge on any atom is -0.480 e. The predicted molar refractivity (Wildman–Crippen MR) is 88.8 cm³/mol.